The number of ether oxygens (including phenoxy) is 2. The summed E-state index contributed by atoms with van der Waals surface area (Å²) >= 11 is 0. The maximum absolute atomic E-state index is 13.3. The Morgan fingerprint density at radius 2 is 1.83 bits per heavy atom. The maximum atomic E-state index is 13.3. The van der Waals surface area contributed by atoms with Crippen LogP contribution in [0.25, 0.3) is 0 Å². The first-order valence-electron chi connectivity index (χ1n) is 9.26. The summed E-state index contributed by atoms with van der Waals surface area (Å²) in [6.45, 7) is -0.930. The van der Waals surface area contributed by atoms with E-state index in [-0.39, 0.29) is 24.8 Å². The third kappa shape index (κ3) is 4.64. The summed E-state index contributed by atoms with van der Waals surface area (Å²) in [4.78, 5) is 14.3. The van der Waals surface area contributed by atoms with E-state index in [4.69, 9.17) is 4.74 Å². The lowest BCUT2D eigenvalue weighted by Crippen LogP contribution is -2.49. The molecule has 1 aliphatic heterocycles. The molecule has 29 heavy (non-hydrogen) atoms. The van der Waals surface area contributed by atoms with Gasteiger partial charge >= 0.3 is 12.7 Å². The first kappa shape index (κ1) is 21.0. The van der Waals surface area contributed by atoms with E-state index in [0.717, 1.165) is 5.56 Å². The molecule has 2 aromatic carbocycles. The second-order valence-electron chi connectivity index (χ2n) is 6.91. The van der Waals surface area contributed by atoms with Gasteiger partial charge in [0.2, 0.25) is 0 Å². The number of nitrogens with zero attached hydrogens (tertiary/aromatic N) is 1. The SMILES string of the molecule is C[C@@H](c1ccc(OC(F)F)cc1)N1CCC(CCO)(c2ccc(F)cc2)OC1=O. The fraction of sp³-hybridized carbons (Fsp3) is 0.381. The fourth-order valence-corrected chi connectivity index (χ4v) is 3.59. The Balaban J connectivity index is 1.75. The molecule has 1 heterocycles. The van der Waals surface area contributed by atoms with E-state index < -0.39 is 24.1 Å². The van der Waals surface area contributed by atoms with Crippen LogP contribution in [-0.4, -0.2) is 35.9 Å². The van der Waals surface area contributed by atoms with Gasteiger partial charge in [-0.1, -0.05) is 24.3 Å². The number of rotatable bonds is 7. The molecule has 1 amide bonds. The lowest BCUT2D eigenvalue weighted by atomic mass is 9.85. The summed E-state index contributed by atoms with van der Waals surface area (Å²) in [6, 6.07) is 11.4. The number of halogens is 3. The minimum absolute atomic E-state index is 0.0374. The van der Waals surface area contributed by atoms with Crippen LogP contribution in [0.5, 0.6) is 5.75 Å². The van der Waals surface area contributed by atoms with Crippen molar-refractivity contribution in [3.63, 3.8) is 0 Å². The Morgan fingerprint density at radius 3 is 2.38 bits per heavy atom. The van der Waals surface area contributed by atoms with Crippen LogP contribution in [0.15, 0.2) is 48.5 Å². The highest BCUT2D eigenvalue weighted by Gasteiger charge is 2.43. The van der Waals surface area contributed by atoms with Crippen LogP contribution in [-0.2, 0) is 10.3 Å². The first-order chi connectivity index (χ1) is 13.8. The van der Waals surface area contributed by atoms with Crippen molar-refractivity contribution >= 4 is 6.09 Å². The van der Waals surface area contributed by atoms with Crippen LogP contribution in [0.3, 0.4) is 0 Å². The molecule has 0 spiro atoms. The van der Waals surface area contributed by atoms with Crippen molar-refractivity contribution in [1.82, 2.24) is 4.90 Å². The number of amides is 1. The van der Waals surface area contributed by atoms with E-state index in [9.17, 15) is 23.1 Å². The van der Waals surface area contributed by atoms with Gasteiger partial charge in [-0.3, -0.25) is 0 Å². The molecule has 0 saturated carbocycles. The van der Waals surface area contributed by atoms with Crippen molar-refractivity contribution in [3.05, 3.63) is 65.5 Å². The summed E-state index contributed by atoms with van der Waals surface area (Å²) in [5.74, 6) is -0.361. The van der Waals surface area contributed by atoms with E-state index in [1.165, 1.54) is 29.2 Å². The zero-order chi connectivity index (χ0) is 21.0. The number of aliphatic hydroxyl groups excluding tert-OH is 1. The van der Waals surface area contributed by atoms with Gasteiger partial charge in [0, 0.05) is 26.0 Å². The second-order valence-corrected chi connectivity index (χ2v) is 6.91. The molecular weight excluding hydrogens is 387 g/mol. The molecule has 0 radical (unpaired) electrons. The molecule has 0 bridgehead atoms. The van der Waals surface area contributed by atoms with Crippen molar-refractivity contribution in [1.29, 1.82) is 0 Å². The highest BCUT2D eigenvalue weighted by Crippen LogP contribution is 2.39. The smallest absolute Gasteiger partial charge is 0.411 e. The summed E-state index contributed by atoms with van der Waals surface area (Å²) in [6.07, 6.45) is 0.0584. The largest absolute Gasteiger partial charge is 0.438 e. The van der Waals surface area contributed by atoms with Gasteiger partial charge < -0.3 is 19.5 Å². The highest BCUT2D eigenvalue weighted by molar-refractivity contribution is 5.70. The lowest BCUT2D eigenvalue weighted by Gasteiger charge is -2.43. The van der Waals surface area contributed by atoms with Gasteiger partial charge in [-0.2, -0.15) is 8.78 Å². The molecular formula is C21H22F3NO4. The molecule has 0 aromatic heterocycles. The Kier molecular flexibility index (Phi) is 6.32. The number of benzene rings is 2. The number of cyclic esters (lactones) is 1. The average molecular weight is 409 g/mol. The number of hydrogen-bond donors (Lipinski definition) is 1. The van der Waals surface area contributed by atoms with Crippen LogP contribution in [0.1, 0.15) is 36.9 Å². The number of hydrogen-bond acceptors (Lipinski definition) is 4. The zero-order valence-corrected chi connectivity index (χ0v) is 15.9. The van der Waals surface area contributed by atoms with Crippen molar-refractivity contribution in [2.24, 2.45) is 0 Å². The normalized spacial score (nSPS) is 20.5. The molecule has 1 aliphatic rings. The average Bonchev–Trinajstić information content (AvgIpc) is 2.68. The van der Waals surface area contributed by atoms with Crippen LogP contribution >= 0.6 is 0 Å². The minimum atomic E-state index is -2.90. The van der Waals surface area contributed by atoms with Gasteiger partial charge in [0.15, 0.2) is 0 Å². The van der Waals surface area contributed by atoms with E-state index >= 15 is 0 Å². The Bertz CT molecular complexity index is 829. The lowest BCUT2D eigenvalue weighted by molar-refractivity contribution is -0.0718. The molecule has 0 aliphatic carbocycles. The molecule has 156 valence electrons. The Hall–Kier alpha value is -2.74. The van der Waals surface area contributed by atoms with Crippen LogP contribution in [0, 0.1) is 5.82 Å². The number of carbonyl (C=O) groups is 1. The summed E-state index contributed by atoms with van der Waals surface area (Å²) in [5.41, 5.74) is 0.340. The first-order valence-corrected chi connectivity index (χ1v) is 9.26. The highest BCUT2D eigenvalue weighted by atomic mass is 19.3. The number of aliphatic hydroxyl groups is 1. The monoisotopic (exact) mass is 409 g/mol. The van der Waals surface area contributed by atoms with Crippen molar-refractivity contribution < 1.29 is 32.5 Å². The molecule has 2 atom stereocenters. The molecule has 1 saturated heterocycles. The minimum Gasteiger partial charge on any atom is -0.438 e. The third-order valence-corrected chi connectivity index (χ3v) is 5.21. The number of alkyl halides is 2. The third-order valence-electron chi connectivity index (χ3n) is 5.21. The summed E-state index contributed by atoms with van der Waals surface area (Å²) < 4.78 is 47.9. The van der Waals surface area contributed by atoms with Gasteiger partial charge in [0.05, 0.1) is 6.04 Å². The Labute approximate surface area is 166 Å². The number of carbonyl (C=O) groups excluding carboxylic acids is 1. The zero-order valence-electron chi connectivity index (χ0n) is 15.9. The van der Waals surface area contributed by atoms with E-state index in [0.29, 0.717) is 18.5 Å². The molecule has 8 heteroatoms. The van der Waals surface area contributed by atoms with Crippen molar-refractivity contribution in [2.75, 3.05) is 13.2 Å². The van der Waals surface area contributed by atoms with Gasteiger partial charge in [-0.05, 0) is 42.3 Å². The second kappa shape index (κ2) is 8.73. The van der Waals surface area contributed by atoms with Crippen LogP contribution < -0.4 is 4.74 Å². The van der Waals surface area contributed by atoms with Gasteiger partial charge in [-0.15, -0.1) is 0 Å². The molecule has 2 aromatic rings. The molecule has 1 fully saturated rings. The summed E-state index contributed by atoms with van der Waals surface area (Å²) in [7, 11) is 0. The van der Waals surface area contributed by atoms with Crippen LogP contribution in [0.2, 0.25) is 0 Å². The predicted octanol–water partition coefficient (Wildman–Crippen LogP) is 4.61. The van der Waals surface area contributed by atoms with E-state index in [1.54, 1.807) is 31.2 Å². The molecule has 1 N–H and O–H groups in total. The van der Waals surface area contributed by atoms with Gasteiger partial charge in [-0.25, -0.2) is 9.18 Å². The van der Waals surface area contributed by atoms with Gasteiger partial charge in [0.25, 0.3) is 0 Å². The van der Waals surface area contributed by atoms with Crippen molar-refractivity contribution in [2.45, 2.75) is 38.0 Å². The van der Waals surface area contributed by atoms with Crippen molar-refractivity contribution in [3.8, 4) is 5.75 Å². The van der Waals surface area contributed by atoms with E-state index in [2.05, 4.69) is 4.74 Å². The maximum Gasteiger partial charge on any atom is 0.411 e. The van der Waals surface area contributed by atoms with Crippen LogP contribution in [0.4, 0.5) is 18.0 Å². The molecule has 5 nitrogen and oxygen atoms in total. The Morgan fingerprint density at radius 1 is 1.17 bits per heavy atom. The summed E-state index contributed by atoms with van der Waals surface area (Å²) in [5, 5.41) is 9.48. The standard InChI is InChI=1S/C21H22F3NO4/c1-14(15-2-8-18(9-3-15)28-19(23)24)25-12-10-21(11-13-26,29-20(25)27)16-4-6-17(22)7-5-16/h2-9,14,19,26H,10-13H2,1H3/t14-,21?/m0/s1. The topological polar surface area (TPSA) is 59.0 Å². The molecule has 1 unspecified atom stereocenters. The van der Waals surface area contributed by atoms with Gasteiger partial charge in [0.1, 0.15) is 17.2 Å². The van der Waals surface area contributed by atoms with E-state index in [1.807, 2.05) is 0 Å². The predicted molar refractivity (Wildman–Crippen MR) is 99.1 cm³/mol. The quantitative estimate of drug-likeness (QED) is 0.726. The fourth-order valence-electron chi connectivity index (χ4n) is 3.59. The molecule has 3 rings (SSSR count).